The van der Waals surface area contributed by atoms with Crippen molar-refractivity contribution in [1.82, 2.24) is 13.7 Å². The van der Waals surface area contributed by atoms with E-state index < -0.39 is 0 Å². The topological polar surface area (TPSA) is 346 Å². The van der Waals surface area contributed by atoms with E-state index in [0.717, 1.165) is 139 Å². The van der Waals surface area contributed by atoms with Gasteiger partial charge in [-0.15, -0.1) is 0 Å². The summed E-state index contributed by atoms with van der Waals surface area (Å²) < 4.78 is 13.6. The van der Waals surface area contributed by atoms with Crippen LogP contribution in [0.5, 0.6) is 17.2 Å². The fraction of sp³-hybridized carbons (Fsp3) is 0.267. The Morgan fingerprint density at radius 3 is 1.01 bits per heavy atom. The lowest BCUT2D eigenvalue weighted by Crippen LogP contribution is -2.46. The molecule has 3 aromatic heterocycles. The Balaban J connectivity index is 0.000000168. The van der Waals surface area contributed by atoms with Crippen molar-refractivity contribution in [3.05, 3.63) is 238 Å². The Hall–Kier alpha value is -13.1. The van der Waals surface area contributed by atoms with Gasteiger partial charge in [-0.2, -0.15) is 0 Å². The number of phenols is 3. The molecule has 13 rings (SSSR count). The van der Waals surface area contributed by atoms with Crippen molar-refractivity contribution in [1.29, 1.82) is 0 Å². The summed E-state index contributed by atoms with van der Waals surface area (Å²) in [5.41, 5.74) is 40.5. The largest absolute Gasteiger partial charge is 0.506 e. The number of aromatic nitrogens is 6. The van der Waals surface area contributed by atoms with Crippen LogP contribution in [0.3, 0.4) is 0 Å². The van der Waals surface area contributed by atoms with Gasteiger partial charge in [0.1, 0.15) is 60.5 Å². The predicted octanol–water partition coefficient (Wildman–Crippen LogP) is 12.4. The van der Waals surface area contributed by atoms with E-state index in [-0.39, 0.29) is 30.5 Å². The van der Waals surface area contributed by atoms with Crippen molar-refractivity contribution in [2.24, 2.45) is 21.1 Å². The van der Waals surface area contributed by atoms with Gasteiger partial charge in [-0.05, 0) is 164 Å². The lowest BCUT2D eigenvalue weighted by molar-refractivity contribution is -0.893. The number of aryl methyl sites for hydroxylation is 6. The fourth-order valence-electron chi connectivity index (χ4n) is 13.1. The van der Waals surface area contributed by atoms with Crippen LogP contribution in [0.25, 0.3) is 0 Å². The molecule has 27 heteroatoms. The number of hydrogen-bond acceptors (Lipinski definition) is 20. The Bertz CT molecular complexity index is 4940. The van der Waals surface area contributed by atoms with Gasteiger partial charge in [0.05, 0.1) is 133 Å². The molecule has 0 saturated carbocycles. The van der Waals surface area contributed by atoms with E-state index in [1.54, 1.807) is 18.2 Å². The fourth-order valence-corrected chi connectivity index (χ4v) is 13.1. The highest BCUT2D eigenvalue weighted by Gasteiger charge is 2.32. The van der Waals surface area contributed by atoms with Crippen LogP contribution >= 0.6 is 0 Å². The first-order valence-electron chi connectivity index (χ1n) is 38.2. The maximum atomic E-state index is 10.6. The van der Waals surface area contributed by atoms with Crippen LogP contribution in [-0.4, -0.2) is 130 Å². The molecule has 1 unspecified atom stereocenters. The van der Waals surface area contributed by atoms with Crippen LogP contribution in [0.15, 0.2) is 238 Å². The van der Waals surface area contributed by atoms with Crippen LogP contribution in [0.2, 0.25) is 0 Å². The molecule has 1 aliphatic heterocycles. The van der Waals surface area contributed by atoms with Crippen LogP contribution in [0.1, 0.15) is 25.7 Å². The summed E-state index contributed by atoms with van der Waals surface area (Å²) in [5, 5.41) is 80.2. The predicted molar refractivity (Wildman–Crippen MR) is 461 cm³/mol. The van der Waals surface area contributed by atoms with Gasteiger partial charge in [0.2, 0.25) is 19.0 Å². The van der Waals surface area contributed by atoms with Crippen LogP contribution in [0.4, 0.5) is 119 Å². The van der Waals surface area contributed by atoms with Gasteiger partial charge in [-0.1, -0.05) is 0 Å². The van der Waals surface area contributed by atoms with Crippen molar-refractivity contribution >= 4 is 119 Å². The molecule has 22 N–H and O–H groups in total. The zero-order valence-corrected chi connectivity index (χ0v) is 65.5. The second-order valence-electron chi connectivity index (χ2n) is 29.3. The minimum absolute atomic E-state index is 0.00700. The van der Waals surface area contributed by atoms with Gasteiger partial charge in [-0.25, -0.2) is 27.4 Å². The number of nitrogens with one attached hydrogen (secondary N) is 9. The first kappa shape index (κ1) is 80.9. The lowest BCUT2D eigenvalue weighted by atomic mass is 10.2. The van der Waals surface area contributed by atoms with Crippen molar-refractivity contribution in [2.75, 3.05) is 161 Å². The van der Waals surface area contributed by atoms with Crippen molar-refractivity contribution in [2.45, 2.75) is 51.4 Å². The number of nitrogens with two attached hydrogens (primary N) is 4. The minimum Gasteiger partial charge on any atom is -0.506 e. The van der Waals surface area contributed by atoms with E-state index in [9.17, 15) is 25.5 Å². The molecule has 0 spiro atoms. The normalized spacial score (nSPS) is 12.4. The quantitative estimate of drug-likeness (QED) is 0.00445. The number of phenolic OH excluding ortho intramolecular Hbond substituents is 3. The zero-order valence-electron chi connectivity index (χ0n) is 65.5. The summed E-state index contributed by atoms with van der Waals surface area (Å²) in [6.45, 7) is 8.58. The maximum absolute atomic E-state index is 10.6. The summed E-state index contributed by atoms with van der Waals surface area (Å²) in [7, 11) is 12.9. The number of quaternary nitrogens is 1. The molecule has 0 radical (unpaired) electrons. The second-order valence-corrected chi connectivity index (χ2v) is 29.3. The average molecular weight is 1530 g/mol. The number of nitrogen functional groups attached to an aromatic ring is 4. The highest BCUT2D eigenvalue weighted by atomic mass is 16.3. The molecule has 1 saturated heterocycles. The number of anilines is 21. The molecule has 1 fully saturated rings. The highest BCUT2D eigenvalue weighted by molar-refractivity contribution is 5.85. The summed E-state index contributed by atoms with van der Waals surface area (Å²) >= 11 is 0. The number of benzene rings is 9. The highest BCUT2D eigenvalue weighted by Crippen LogP contribution is 2.40. The number of aromatic hydroxyl groups is 3. The van der Waals surface area contributed by atoms with Crippen molar-refractivity contribution in [3.63, 3.8) is 0 Å². The number of aliphatic hydroxyl groups excluding tert-OH is 2. The Morgan fingerprint density at radius 2 is 0.708 bits per heavy atom. The first-order chi connectivity index (χ1) is 54.5. The number of nitrogens with zero attached hydrogens (tertiary/aromatic N) is 9. The number of aliphatic hydroxyl groups is 2. The first-order valence-corrected chi connectivity index (χ1v) is 38.2. The molecule has 592 valence electrons. The SMILES string of the molecule is C[n+]1ccn(CCCNc2ccc(Nc3cc(Nc4ccc(N(CCO)CCO)cc4)c(N)cc3O)cc2)c1.C[n+]1ccn(CCCNc2ccc(Nc3cc(Nc4ccc(N)cc4)c(N)cc3O)cc2)c1.C[n+]1ccn(CCCNc2ccc(Nc3cc(Nc4ccc(N5CCC([N+](C)(C)C)C5)cc4)c(N)cc3O)cc2)c1. The van der Waals surface area contributed by atoms with Gasteiger partial charge >= 0.3 is 0 Å². The van der Waals surface area contributed by atoms with Gasteiger partial charge in [0, 0.05) is 151 Å². The number of imidazole rings is 3. The third-order valence-corrected chi connectivity index (χ3v) is 19.4. The van der Waals surface area contributed by atoms with Crippen LogP contribution < -0.4 is 94.3 Å². The second kappa shape index (κ2) is 39.0. The Labute approximate surface area is 662 Å². The summed E-state index contributed by atoms with van der Waals surface area (Å²) in [6, 6.07) is 58.1. The lowest BCUT2D eigenvalue weighted by Gasteiger charge is -2.31. The van der Waals surface area contributed by atoms with Crippen molar-refractivity contribution in [3.8, 4) is 17.2 Å². The van der Waals surface area contributed by atoms with E-state index >= 15 is 0 Å². The minimum atomic E-state index is 0.00700. The number of rotatable bonds is 34. The van der Waals surface area contributed by atoms with E-state index in [1.165, 1.54) is 24.2 Å². The Kier molecular flexibility index (Phi) is 27.9. The zero-order chi connectivity index (χ0) is 79.8. The third kappa shape index (κ3) is 24.2. The molecule has 4 heterocycles. The molecule has 12 aromatic rings. The third-order valence-electron chi connectivity index (χ3n) is 19.4. The van der Waals surface area contributed by atoms with Crippen molar-refractivity contribution < 1.29 is 43.7 Å². The summed E-state index contributed by atoms with van der Waals surface area (Å²) in [4.78, 5) is 4.37. The van der Waals surface area contributed by atoms with E-state index in [1.807, 2.05) is 186 Å². The molecular weight excluding hydrogens is 1420 g/mol. The molecule has 1 aliphatic rings. The smallest absolute Gasteiger partial charge is 0.243 e. The molecule has 9 aromatic carbocycles. The standard InChI is InChI=1S/C32H43N8O.C29H37N7O3.C25H29N7O/c1-37-18-19-38(23-37)16-5-15-34-24-6-8-25(9-7-24)36-31-21-30(29(33)20-32(31)41)35-26-10-12-27(13-11-26)39-17-14-28(22-39)40(2,3)4;1-34-13-14-35(21-34)12-2-11-31-22-3-5-23(6-4-22)33-28-20-27(26(30)19-29(28)39)32-24-7-9-25(10-8-24)36(15-17-37)16-18-38;1-31-13-14-32(17-31)12-2-11-28-19-7-9-21(10-8-19)30-24-16-23(22(27)15-25(24)33)29-20-5-3-18(26)4-6-20/h6-13,18-21,23,28,34-36H,5,14-17,22,33H2,1-4H3;3-10,13-14,19-21,31-33,37-38H,2,11-12,15-18,30H2,1H3;3-10,13-17,28-30H,2,11-12,26-27H2,1H3/q+1;;/p+3. The van der Waals surface area contributed by atoms with Crippen LogP contribution in [0, 0.1) is 0 Å². The monoisotopic (exact) mass is 1530 g/mol. The van der Waals surface area contributed by atoms with Gasteiger partial charge < -0.3 is 111 Å². The van der Waals surface area contributed by atoms with Gasteiger partial charge in [0.15, 0.2) is 0 Å². The average Bonchev–Trinajstić information content (AvgIpc) is 1.75. The van der Waals surface area contributed by atoms with E-state index in [4.69, 9.17) is 22.9 Å². The molecule has 113 heavy (non-hydrogen) atoms. The maximum Gasteiger partial charge on any atom is 0.243 e. The molecule has 1 atom stereocenters. The van der Waals surface area contributed by atoms with Gasteiger partial charge in [0.25, 0.3) is 0 Å². The molecule has 27 nitrogen and oxygen atoms in total. The number of likely N-dealkylation sites (N-methyl/N-ethyl adjacent to an activating group) is 1. The van der Waals surface area contributed by atoms with E-state index in [0.29, 0.717) is 70.3 Å². The van der Waals surface area contributed by atoms with Gasteiger partial charge in [-0.3, -0.25) is 0 Å². The molecule has 0 aliphatic carbocycles. The van der Waals surface area contributed by atoms with Crippen LogP contribution in [-0.2, 0) is 40.8 Å². The summed E-state index contributed by atoms with van der Waals surface area (Å²) in [5.74, 6) is 0.235. The molecule has 0 bridgehead atoms. The Morgan fingerprint density at radius 1 is 0.407 bits per heavy atom. The number of hydrogen-bond donors (Lipinski definition) is 18. The molecule has 0 amide bonds. The van der Waals surface area contributed by atoms with E-state index in [2.05, 4.69) is 149 Å². The molecular formula is C86H112N22O5+4. The summed E-state index contributed by atoms with van der Waals surface area (Å²) in [6.07, 6.45) is 22.8.